The Labute approximate surface area is 158 Å². The van der Waals surface area contributed by atoms with Gasteiger partial charge in [0.1, 0.15) is 5.75 Å². The van der Waals surface area contributed by atoms with Crippen LogP contribution in [0.1, 0.15) is 30.0 Å². The van der Waals surface area contributed by atoms with E-state index >= 15 is 0 Å². The van der Waals surface area contributed by atoms with Gasteiger partial charge < -0.3 is 20.1 Å². The number of hydrogen-bond donors (Lipinski definition) is 2. The van der Waals surface area contributed by atoms with E-state index in [0.29, 0.717) is 19.6 Å². The topological polar surface area (TPSA) is 78.9 Å². The van der Waals surface area contributed by atoms with Crippen molar-refractivity contribution in [2.45, 2.75) is 18.9 Å². The van der Waals surface area contributed by atoms with E-state index < -0.39 is 11.9 Å². The summed E-state index contributed by atoms with van der Waals surface area (Å²) in [6, 6.07) is 16.2. The van der Waals surface area contributed by atoms with E-state index in [1.54, 1.807) is 24.0 Å². The normalized spacial score (nSPS) is 18.0. The third kappa shape index (κ3) is 4.65. The van der Waals surface area contributed by atoms with Crippen molar-refractivity contribution in [3.8, 4) is 5.75 Å². The maximum atomic E-state index is 12.7. The van der Waals surface area contributed by atoms with Gasteiger partial charge in [-0.3, -0.25) is 9.59 Å². The second-order valence-electron chi connectivity index (χ2n) is 6.64. The molecule has 0 aliphatic carbocycles. The van der Waals surface area contributed by atoms with Gasteiger partial charge in [0, 0.05) is 19.6 Å². The van der Waals surface area contributed by atoms with Crippen molar-refractivity contribution in [3.05, 3.63) is 65.7 Å². The molecule has 2 aromatic carbocycles. The summed E-state index contributed by atoms with van der Waals surface area (Å²) in [7, 11) is 0. The van der Waals surface area contributed by atoms with Gasteiger partial charge in [-0.1, -0.05) is 42.5 Å². The van der Waals surface area contributed by atoms with E-state index in [2.05, 4.69) is 5.32 Å². The summed E-state index contributed by atoms with van der Waals surface area (Å²) in [4.78, 5) is 26.7. The second kappa shape index (κ2) is 8.68. The van der Waals surface area contributed by atoms with Gasteiger partial charge >= 0.3 is 5.97 Å². The lowest BCUT2D eigenvalue weighted by atomic mass is 10.0. The largest absolute Gasteiger partial charge is 0.508 e. The number of phenols is 1. The minimum Gasteiger partial charge on any atom is -0.508 e. The number of phenolic OH excluding ortho intramolecular Hbond substituents is 1. The number of piperazine rings is 1. The summed E-state index contributed by atoms with van der Waals surface area (Å²) in [5, 5.41) is 12.7. The first kappa shape index (κ1) is 18.9. The number of ether oxygens (including phenoxy) is 1. The lowest BCUT2D eigenvalue weighted by molar-refractivity contribution is -0.154. The Bertz CT molecular complexity index is 777. The molecule has 2 unspecified atom stereocenters. The molecule has 2 N–H and O–H groups in total. The zero-order valence-corrected chi connectivity index (χ0v) is 15.3. The van der Waals surface area contributed by atoms with Gasteiger partial charge in [-0.05, 0) is 30.2 Å². The van der Waals surface area contributed by atoms with Gasteiger partial charge in [0.05, 0.1) is 12.0 Å². The van der Waals surface area contributed by atoms with Gasteiger partial charge in [0.15, 0.2) is 6.61 Å². The number of amides is 1. The van der Waals surface area contributed by atoms with Crippen molar-refractivity contribution in [2.24, 2.45) is 0 Å². The third-order valence-corrected chi connectivity index (χ3v) is 4.83. The van der Waals surface area contributed by atoms with Crippen molar-refractivity contribution in [3.63, 3.8) is 0 Å². The monoisotopic (exact) mass is 368 g/mol. The van der Waals surface area contributed by atoms with Crippen LogP contribution in [-0.4, -0.2) is 48.1 Å². The Balaban J connectivity index is 1.60. The Morgan fingerprint density at radius 2 is 1.89 bits per heavy atom. The van der Waals surface area contributed by atoms with Crippen LogP contribution in [0.25, 0.3) is 0 Å². The first-order valence-corrected chi connectivity index (χ1v) is 9.07. The highest BCUT2D eigenvalue weighted by atomic mass is 16.5. The number of benzene rings is 2. The van der Waals surface area contributed by atoms with Crippen LogP contribution in [0.4, 0.5) is 0 Å². The fraction of sp³-hybridized carbons (Fsp3) is 0.333. The fourth-order valence-corrected chi connectivity index (χ4v) is 3.22. The van der Waals surface area contributed by atoms with Gasteiger partial charge in [-0.2, -0.15) is 0 Å². The summed E-state index contributed by atoms with van der Waals surface area (Å²) in [5.41, 5.74) is 1.79. The van der Waals surface area contributed by atoms with Gasteiger partial charge in [-0.25, -0.2) is 0 Å². The first-order valence-electron chi connectivity index (χ1n) is 9.07. The van der Waals surface area contributed by atoms with Crippen LogP contribution in [0, 0.1) is 0 Å². The molecule has 0 spiro atoms. The molecule has 3 rings (SSSR count). The molecule has 1 fully saturated rings. The van der Waals surface area contributed by atoms with Crippen LogP contribution in [0.15, 0.2) is 54.6 Å². The van der Waals surface area contributed by atoms with E-state index in [9.17, 15) is 14.7 Å². The second-order valence-corrected chi connectivity index (χ2v) is 6.64. The molecule has 142 valence electrons. The molecule has 1 aliphatic rings. The average Bonchev–Trinajstić information content (AvgIpc) is 2.72. The summed E-state index contributed by atoms with van der Waals surface area (Å²) < 4.78 is 5.27. The van der Waals surface area contributed by atoms with Gasteiger partial charge in [0.25, 0.3) is 5.91 Å². The Morgan fingerprint density at radius 3 is 2.59 bits per heavy atom. The summed E-state index contributed by atoms with van der Waals surface area (Å²) >= 11 is 0. The van der Waals surface area contributed by atoms with Crippen LogP contribution in [-0.2, 0) is 14.3 Å². The van der Waals surface area contributed by atoms with Crippen LogP contribution in [0.5, 0.6) is 5.75 Å². The molecule has 0 aromatic heterocycles. The summed E-state index contributed by atoms with van der Waals surface area (Å²) in [6.07, 6.45) is 0. The Kier molecular flexibility index (Phi) is 6.08. The number of nitrogens with zero attached hydrogens (tertiary/aromatic N) is 1. The molecule has 2 atom stereocenters. The SMILES string of the molecule is CC(C(=O)OCC(=O)N1CCNCC1c1ccccc1)c1ccc(O)cc1. The molecule has 0 saturated carbocycles. The lowest BCUT2D eigenvalue weighted by Crippen LogP contribution is -2.50. The highest BCUT2D eigenvalue weighted by Gasteiger charge is 2.29. The first-order chi connectivity index (χ1) is 13.1. The maximum absolute atomic E-state index is 12.7. The molecule has 1 saturated heterocycles. The Morgan fingerprint density at radius 1 is 1.19 bits per heavy atom. The van der Waals surface area contributed by atoms with Crippen LogP contribution >= 0.6 is 0 Å². The molecule has 2 aromatic rings. The Hall–Kier alpha value is -2.86. The number of nitrogens with one attached hydrogen (secondary N) is 1. The highest BCUT2D eigenvalue weighted by Crippen LogP contribution is 2.23. The van der Waals surface area contributed by atoms with E-state index in [4.69, 9.17) is 4.74 Å². The van der Waals surface area contributed by atoms with Crippen molar-refractivity contribution in [1.29, 1.82) is 0 Å². The number of aromatic hydroxyl groups is 1. The number of carbonyl (C=O) groups is 2. The lowest BCUT2D eigenvalue weighted by Gasteiger charge is -2.36. The zero-order valence-electron chi connectivity index (χ0n) is 15.3. The molecule has 6 nitrogen and oxygen atoms in total. The number of carbonyl (C=O) groups excluding carboxylic acids is 2. The van der Waals surface area contributed by atoms with E-state index in [-0.39, 0.29) is 24.3 Å². The molecule has 1 amide bonds. The van der Waals surface area contributed by atoms with Crippen molar-refractivity contribution in [1.82, 2.24) is 10.2 Å². The molecule has 1 aliphatic heterocycles. The fourth-order valence-electron chi connectivity index (χ4n) is 3.22. The zero-order chi connectivity index (χ0) is 19.2. The summed E-state index contributed by atoms with van der Waals surface area (Å²) in [6.45, 7) is 3.41. The number of esters is 1. The maximum Gasteiger partial charge on any atom is 0.313 e. The summed E-state index contributed by atoms with van der Waals surface area (Å²) in [5.74, 6) is -1.02. The quantitative estimate of drug-likeness (QED) is 0.791. The van der Waals surface area contributed by atoms with Gasteiger partial charge in [0.2, 0.25) is 0 Å². The predicted molar refractivity (Wildman–Crippen MR) is 101 cm³/mol. The molecular weight excluding hydrogens is 344 g/mol. The van der Waals surface area contributed by atoms with Crippen LogP contribution in [0.2, 0.25) is 0 Å². The number of hydrogen-bond acceptors (Lipinski definition) is 5. The average molecular weight is 368 g/mol. The smallest absolute Gasteiger partial charge is 0.313 e. The van der Waals surface area contributed by atoms with Crippen LogP contribution in [0.3, 0.4) is 0 Å². The van der Waals surface area contributed by atoms with Crippen molar-refractivity contribution >= 4 is 11.9 Å². The highest BCUT2D eigenvalue weighted by molar-refractivity contribution is 5.83. The van der Waals surface area contributed by atoms with Gasteiger partial charge in [-0.15, -0.1) is 0 Å². The third-order valence-electron chi connectivity index (χ3n) is 4.83. The minimum absolute atomic E-state index is 0.0688. The minimum atomic E-state index is -0.508. The standard InChI is InChI=1S/C21H24N2O4/c1-15(16-7-9-18(24)10-8-16)21(26)27-14-20(25)23-12-11-22-13-19(23)17-5-3-2-4-6-17/h2-10,15,19,22,24H,11-14H2,1H3. The van der Waals surface area contributed by atoms with E-state index in [1.807, 2.05) is 30.3 Å². The van der Waals surface area contributed by atoms with Crippen LogP contribution < -0.4 is 5.32 Å². The molecule has 0 bridgehead atoms. The molecule has 6 heteroatoms. The molecule has 0 radical (unpaired) electrons. The number of rotatable bonds is 5. The van der Waals surface area contributed by atoms with Crippen molar-refractivity contribution < 1.29 is 19.4 Å². The molecule has 1 heterocycles. The van der Waals surface area contributed by atoms with Crippen molar-refractivity contribution in [2.75, 3.05) is 26.2 Å². The van der Waals surface area contributed by atoms with E-state index in [0.717, 1.165) is 11.1 Å². The van der Waals surface area contributed by atoms with E-state index in [1.165, 1.54) is 12.1 Å². The predicted octanol–water partition coefficient (Wildman–Crippen LogP) is 2.21. The molecule has 27 heavy (non-hydrogen) atoms. The molecular formula is C21H24N2O4.